The number of ether oxygens (including phenoxy) is 2. The van der Waals surface area contributed by atoms with Gasteiger partial charge in [0.25, 0.3) is 5.92 Å². The second kappa shape index (κ2) is 6.75. The molecule has 2 rings (SSSR count). The summed E-state index contributed by atoms with van der Waals surface area (Å²) in [5.74, 6) is -4.47. The number of alkyl halides is 2. The summed E-state index contributed by atoms with van der Waals surface area (Å²) in [6.07, 6.45) is -1.54. The molecular formula is C17H21F2NO4. The van der Waals surface area contributed by atoms with Crippen LogP contribution in [0.2, 0.25) is 0 Å². The summed E-state index contributed by atoms with van der Waals surface area (Å²) >= 11 is 0. The number of nitrogens with zero attached hydrogens (tertiary/aromatic N) is 1. The van der Waals surface area contributed by atoms with Crippen LogP contribution in [0.5, 0.6) is 0 Å². The van der Waals surface area contributed by atoms with Crippen molar-refractivity contribution in [3.63, 3.8) is 0 Å². The maximum absolute atomic E-state index is 14.1. The van der Waals surface area contributed by atoms with Crippen LogP contribution in [-0.4, -0.2) is 41.1 Å². The van der Waals surface area contributed by atoms with Gasteiger partial charge < -0.3 is 9.47 Å². The van der Waals surface area contributed by atoms with Crippen LogP contribution in [0.15, 0.2) is 30.3 Å². The van der Waals surface area contributed by atoms with Gasteiger partial charge in [-0.25, -0.2) is 18.4 Å². The summed E-state index contributed by atoms with van der Waals surface area (Å²) < 4.78 is 38.3. The van der Waals surface area contributed by atoms with Gasteiger partial charge in [0, 0.05) is 13.0 Å². The van der Waals surface area contributed by atoms with E-state index in [4.69, 9.17) is 9.47 Å². The summed E-state index contributed by atoms with van der Waals surface area (Å²) in [5.41, 5.74) is -0.163. The maximum atomic E-state index is 14.1. The molecule has 7 heteroatoms. The van der Waals surface area contributed by atoms with E-state index in [0.717, 1.165) is 4.90 Å². The third-order valence-electron chi connectivity index (χ3n) is 3.47. The van der Waals surface area contributed by atoms with Gasteiger partial charge in [0.2, 0.25) is 0 Å². The van der Waals surface area contributed by atoms with Crippen LogP contribution in [0.3, 0.4) is 0 Å². The first-order valence-corrected chi connectivity index (χ1v) is 7.68. The minimum atomic E-state index is -3.34. The quantitative estimate of drug-likeness (QED) is 0.791. The van der Waals surface area contributed by atoms with Crippen molar-refractivity contribution in [2.75, 3.05) is 6.54 Å². The lowest BCUT2D eigenvalue weighted by atomic mass is 10.1. The number of hydrogen-bond acceptors (Lipinski definition) is 4. The van der Waals surface area contributed by atoms with E-state index >= 15 is 0 Å². The average Bonchev–Trinajstić information content (AvgIpc) is 2.80. The molecule has 0 radical (unpaired) electrons. The van der Waals surface area contributed by atoms with Gasteiger partial charge in [0.15, 0.2) is 6.04 Å². The van der Waals surface area contributed by atoms with Crippen LogP contribution in [0.1, 0.15) is 32.8 Å². The Morgan fingerprint density at radius 1 is 1.25 bits per heavy atom. The molecule has 1 aromatic carbocycles. The summed E-state index contributed by atoms with van der Waals surface area (Å²) in [4.78, 5) is 25.0. The van der Waals surface area contributed by atoms with Gasteiger partial charge in [-0.15, -0.1) is 0 Å². The molecule has 5 nitrogen and oxygen atoms in total. The SMILES string of the molecule is CC(C)(C)OC(=O)N1CCC(F)(F)C1C(=O)OCc1ccccc1. The minimum Gasteiger partial charge on any atom is -0.459 e. The molecular weight excluding hydrogens is 320 g/mol. The first-order valence-electron chi connectivity index (χ1n) is 7.68. The molecule has 24 heavy (non-hydrogen) atoms. The Labute approximate surface area is 139 Å². The number of carbonyl (C=O) groups is 2. The zero-order valence-corrected chi connectivity index (χ0v) is 13.9. The lowest BCUT2D eigenvalue weighted by molar-refractivity contribution is -0.160. The molecule has 0 saturated carbocycles. The highest BCUT2D eigenvalue weighted by Crippen LogP contribution is 2.35. The highest BCUT2D eigenvalue weighted by Gasteiger charge is 2.56. The van der Waals surface area contributed by atoms with E-state index in [9.17, 15) is 18.4 Å². The Morgan fingerprint density at radius 3 is 2.46 bits per heavy atom. The third-order valence-corrected chi connectivity index (χ3v) is 3.47. The molecule has 1 atom stereocenters. The minimum absolute atomic E-state index is 0.131. The summed E-state index contributed by atoms with van der Waals surface area (Å²) in [7, 11) is 0. The van der Waals surface area contributed by atoms with Crippen LogP contribution in [0.25, 0.3) is 0 Å². The monoisotopic (exact) mass is 341 g/mol. The summed E-state index contributed by atoms with van der Waals surface area (Å²) in [6, 6.07) is 6.76. The molecule has 1 aromatic rings. The first-order chi connectivity index (χ1) is 11.1. The average molecular weight is 341 g/mol. The van der Waals surface area contributed by atoms with E-state index in [1.165, 1.54) is 0 Å². The molecule has 1 heterocycles. The lowest BCUT2D eigenvalue weighted by Gasteiger charge is -2.28. The number of carbonyl (C=O) groups excluding carboxylic acids is 2. The second-order valence-corrected chi connectivity index (χ2v) is 6.68. The summed E-state index contributed by atoms with van der Waals surface area (Å²) in [6.45, 7) is 4.49. The van der Waals surface area contributed by atoms with E-state index < -0.39 is 36.0 Å². The Hall–Kier alpha value is -2.18. The van der Waals surface area contributed by atoms with Gasteiger partial charge in [-0.1, -0.05) is 30.3 Å². The molecule has 0 bridgehead atoms. The van der Waals surface area contributed by atoms with E-state index in [1.54, 1.807) is 51.1 Å². The highest BCUT2D eigenvalue weighted by atomic mass is 19.3. The van der Waals surface area contributed by atoms with E-state index in [1.807, 2.05) is 0 Å². The zero-order chi connectivity index (χ0) is 18.0. The smallest absolute Gasteiger partial charge is 0.411 e. The number of rotatable bonds is 3. The van der Waals surface area contributed by atoms with Crippen LogP contribution >= 0.6 is 0 Å². The molecule has 0 spiro atoms. The fourth-order valence-electron chi connectivity index (χ4n) is 2.39. The fourth-order valence-corrected chi connectivity index (χ4v) is 2.39. The number of amides is 1. The fraction of sp³-hybridized carbons (Fsp3) is 0.529. The van der Waals surface area contributed by atoms with E-state index in [2.05, 4.69) is 0 Å². The predicted molar refractivity (Wildman–Crippen MR) is 82.5 cm³/mol. The molecule has 1 aliphatic rings. The van der Waals surface area contributed by atoms with Crippen molar-refractivity contribution in [1.29, 1.82) is 0 Å². The predicted octanol–water partition coefficient (Wildman–Crippen LogP) is 3.37. The number of benzene rings is 1. The molecule has 0 N–H and O–H groups in total. The van der Waals surface area contributed by atoms with Crippen molar-refractivity contribution < 1.29 is 27.8 Å². The van der Waals surface area contributed by atoms with Crippen molar-refractivity contribution in [2.24, 2.45) is 0 Å². The second-order valence-electron chi connectivity index (χ2n) is 6.68. The van der Waals surface area contributed by atoms with E-state index in [0.29, 0.717) is 5.56 Å². The number of halogens is 2. The van der Waals surface area contributed by atoms with Crippen LogP contribution in [0, 0.1) is 0 Å². The first kappa shape index (κ1) is 18.2. The molecule has 1 fully saturated rings. The molecule has 1 saturated heterocycles. The van der Waals surface area contributed by atoms with Crippen molar-refractivity contribution in [1.82, 2.24) is 4.90 Å². The Morgan fingerprint density at radius 2 is 1.88 bits per heavy atom. The Bertz CT molecular complexity index is 598. The highest BCUT2D eigenvalue weighted by molar-refractivity contribution is 5.83. The number of esters is 1. The van der Waals surface area contributed by atoms with Crippen molar-refractivity contribution >= 4 is 12.1 Å². The number of hydrogen-bond donors (Lipinski definition) is 0. The molecule has 132 valence electrons. The molecule has 0 aromatic heterocycles. The van der Waals surface area contributed by atoms with Crippen molar-refractivity contribution in [3.8, 4) is 0 Å². The lowest BCUT2D eigenvalue weighted by Crippen LogP contribution is -2.50. The van der Waals surface area contributed by atoms with E-state index in [-0.39, 0.29) is 13.2 Å². The van der Waals surface area contributed by atoms with Gasteiger partial charge in [-0.3, -0.25) is 4.90 Å². The normalized spacial score (nSPS) is 19.9. The topological polar surface area (TPSA) is 55.8 Å². The standard InChI is InChI=1S/C17H21F2NO4/c1-16(2,3)24-15(22)20-10-9-17(18,19)13(20)14(21)23-11-12-7-5-4-6-8-12/h4-8,13H,9-11H2,1-3H3. The molecule has 1 unspecified atom stereocenters. The zero-order valence-electron chi connectivity index (χ0n) is 13.9. The van der Waals surface area contributed by atoms with Crippen LogP contribution < -0.4 is 0 Å². The third kappa shape index (κ3) is 4.43. The summed E-state index contributed by atoms with van der Waals surface area (Å²) in [5, 5.41) is 0. The van der Waals surface area contributed by atoms with Gasteiger partial charge in [-0.05, 0) is 26.3 Å². The Balaban J connectivity index is 2.08. The van der Waals surface area contributed by atoms with Gasteiger partial charge >= 0.3 is 12.1 Å². The van der Waals surface area contributed by atoms with Crippen molar-refractivity contribution in [2.45, 2.75) is 51.4 Å². The molecule has 0 aliphatic carbocycles. The maximum Gasteiger partial charge on any atom is 0.411 e. The van der Waals surface area contributed by atoms with Gasteiger partial charge in [0.1, 0.15) is 12.2 Å². The largest absolute Gasteiger partial charge is 0.459 e. The Kier molecular flexibility index (Phi) is 5.11. The van der Waals surface area contributed by atoms with Crippen LogP contribution in [-0.2, 0) is 20.9 Å². The van der Waals surface area contributed by atoms with Crippen LogP contribution in [0.4, 0.5) is 13.6 Å². The van der Waals surface area contributed by atoms with Crippen molar-refractivity contribution in [3.05, 3.63) is 35.9 Å². The van der Waals surface area contributed by atoms with Gasteiger partial charge in [0.05, 0.1) is 0 Å². The molecule has 1 aliphatic heterocycles. The van der Waals surface area contributed by atoms with Gasteiger partial charge in [-0.2, -0.15) is 0 Å². The number of likely N-dealkylation sites (tertiary alicyclic amines) is 1. The molecule has 1 amide bonds.